The minimum atomic E-state index is 0. The van der Waals surface area contributed by atoms with E-state index in [9.17, 15) is 5.11 Å². The van der Waals surface area contributed by atoms with Gasteiger partial charge in [-0.05, 0) is 56.0 Å². The van der Waals surface area contributed by atoms with Crippen LogP contribution in [-0.2, 0) is 11.3 Å². The van der Waals surface area contributed by atoms with Crippen molar-refractivity contribution in [3.63, 3.8) is 0 Å². The third kappa shape index (κ3) is 7.71. The van der Waals surface area contributed by atoms with E-state index in [1.54, 1.807) is 12.1 Å². The molecule has 0 unspecified atom stereocenters. The fraction of sp³-hybridized carbons (Fsp3) is 0.500. The normalized spacial score (nSPS) is 15.3. The Morgan fingerprint density at radius 2 is 1.60 bits per heavy atom. The maximum absolute atomic E-state index is 10.3. The number of benzene rings is 2. The number of nitrogens with zero attached hydrogens (tertiary/aromatic N) is 3. The summed E-state index contributed by atoms with van der Waals surface area (Å²) < 4.78 is 6.70. The van der Waals surface area contributed by atoms with Gasteiger partial charge in [-0.2, -0.15) is 10.2 Å². The van der Waals surface area contributed by atoms with Crippen LogP contribution in [0.3, 0.4) is 0 Å². The number of phenols is 1. The van der Waals surface area contributed by atoms with Crippen LogP contribution in [0, 0.1) is 12.8 Å². The third-order valence-electron chi connectivity index (χ3n) is 5.50. The topological polar surface area (TPSA) is 54.2 Å². The van der Waals surface area contributed by atoms with Crippen molar-refractivity contribution in [2.75, 3.05) is 27.4 Å². The second-order valence-electron chi connectivity index (χ2n) is 8.95. The summed E-state index contributed by atoms with van der Waals surface area (Å²) in [5.41, 5.74) is 3.61. The van der Waals surface area contributed by atoms with Crippen molar-refractivity contribution in [3.05, 3.63) is 53.6 Å². The molecule has 2 aromatic rings. The van der Waals surface area contributed by atoms with E-state index in [2.05, 4.69) is 24.3 Å². The molecule has 30 heavy (non-hydrogen) atoms. The summed E-state index contributed by atoms with van der Waals surface area (Å²) in [6.07, 6.45) is 6.63. The van der Waals surface area contributed by atoms with E-state index in [1.807, 2.05) is 37.3 Å². The number of hydrogen-bond donors (Lipinski definition) is 1. The minimum absolute atomic E-state index is 0. The number of ether oxygens (including phenoxy) is 1. The molecule has 164 valence electrons. The number of aromatic hydroxyl groups is 1. The van der Waals surface area contributed by atoms with Gasteiger partial charge in [0.1, 0.15) is 12.3 Å². The zero-order valence-corrected chi connectivity index (χ0v) is 19.1. The lowest BCUT2D eigenvalue weighted by atomic mass is 9.90. The van der Waals surface area contributed by atoms with Crippen LogP contribution in [0.15, 0.2) is 52.7 Å². The molecular weight excluding hydrogens is 398 g/mol. The number of halogens is 1. The lowest BCUT2D eigenvalue weighted by Crippen LogP contribution is -3.00. The van der Waals surface area contributed by atoms with Crippen molar-refractivity contribution in [2.45, 2.75) is 45.6 Å². The van der Waals surface area contributed by atoms with Crippen LogP contribution in [0.5, 0.6) is 5.75 Å². The molecule has 0 spiro atoms. The molecule has 0 atom stereocenters. The molecule has 1 fully saturated rings. The number of rotatable bonds is 8. The average Bonchev–Trinajstić information content (AvgIpc) is 2.70. The Morgan fingerprint density at radius 1 is 0.967 bits per heavy atom. The van der Waals surface area contributed by atoms with E-state index in [4.69, 9.17) is 4.74 Å². The van der Waals surface area contributed by atoms with Crippen LogP contribution in [0.2, 0.25) is 0 Å². The van der Waals surface area contributed by atoms with E-state index in [-0.39, 0.29) is 18.2 Å². The Labute approximate surface area is 186 Å². The summed E-state index contributed by atoms with van der Waals surface area (Å²) in [6.45, 7) is 4.19. The SMILES string of the molecule is Cc1ccc(N=Nc2ccc(O)c(C[N+](C)(C)COCC3CCCCC3)c2)cc1.[Cl-]. The van der Waals surface area contributed by atoms with Crippen LogP contribution in [0.1, 0.15) is 43.2 Å². The number of phenolic OH excluding ortho intramolecular Hbond substituents is 1. The van der Waals surface area contributed by atoms with Crippen LogP contribution in [0.25, 0.3) is 0 Å². The van der Waals surface area contributed by atoms with Crippen molar-refractivity contribution < 1.29 is 26.7 Å². The fourth-order valence-corrected chi connectivity index (χ4v) is 3.81. The smallest absolute Gasteiger partial charge is 0.182 e. The lowest BCUT2D eigenvalue weighted by molar-refractivity contribution is -0.922. The molecule has 0 aliphatic heterocycles. The highest BCUT2D eigenvalue weighted by Gasteiger charge is 2.20. The van der Waals surface area contributed by atoms with Gasteiger partial charge in [0.25, 0.3) is 0 Å². The van der Waals surface area contributed by atoms with Gasteiger partial charge in [0.2, 0.25) is 0 Å². The molecule has 0 heterocycles. The van der Waals surface area contributed by atoms with Crippen molar-refractivity contribution in [3.8, 4) is 5.75 Å². The summed E-state index contributed by atoms with van der Waals surface area (Å²) in [5.74, 6) is 1.00. The first-order valence-electron chi connectivity index (χ1n) is 10.6. The molecule has 0 saturated heterocycles. The van der Waals surface area contributed by atoms with Crippen molar-refractivity contribution in [2.24, 2.45) is 16.1 Å². The third-order valence-corrected chi connectivity index (χ3v) is 5.50. The summed E-state index contributed by atoms with van der Waals surface area (Å²) >= 11 is 0. The van der Waals surface area contributed by atoms with E-state index in [1.165, 1.54) is 37.7 Å². The highest BCUT2D eigenvalue weighted by molar-refractivity contribution is 5.47. The van der Waals surface area contributed by atoms with E-state index in [0.29, 0.717) is 23.7 Å². The zero-order chi connectivity index (χ0) is 20.7. The highest BCUT2D eigenvalue weighted by atomic mass is 35.5. The summed E-state index contributed by atoms with van der Waals surface area (Å²) in [4.78, 5) is 0. The van der Waals surface area contributed by atoms with Gasteiger partial charge >= 0.3 is 0 Å². The Kier molecular flexibility index (Phi) is 9.28. The predicted molar refractivity (Wildman–Crippen MR) is 117 cm³/mol. The quantitative estimate of drug-likeness (QED) is 0.396. The Balaban J connectivity index is 0.00000320. The summed E-state index contributed by atoms with van der Waals surface area (Å²) in [5, 5.41) is 19.0. The molecule has 1 aliphatic rings. The van der Waals surface area contributed by atoms with Gasteiger partial charge in [-0.1, -0.05) is 37.0 Å². The monoisotopic (exact) mass is 431 g/mol. The maximum atomic E-state index is 10.3. The molecule has 0 bridgehead atoms. The summed E-state index contributed by atoms with van der Waals surface area (Å²) in [6, 6.07) is 13.3. The van der Waals surface area contributed by atoms with E-state index >= 15 is 0 Å². The van der Waals surface area contributed by atoms with Crippen molar-refractivity contribution in [1.82, 2.24) is 0 Å². The van der Waals surface area contributed by atoms with Crippen molar-refractivity contribution >= 4 is 11.4 Å². The molecule has 2 aromatic carbocycles. The second kappa shape index (κ2) is 11.4. The van der Waals surface area contributed by atoms with Crippen LogP contribution >= 0.6 is 0 Å². The molecule has 3 rings (SSSR count). The van der Waals surface area contributed by atoms with Gasteiger partial charge in [0, 0.05) is 0 Å². The molecule has 1 aliphatic carbocycles. The van der Waals surface area contributed by atoms with Crippen molar-refractivity contribution in [1.29, 1.82) is 0 Å². The molecule has 0 radical (unpaired) electrons. The molecule has 1 saturated carbocycles. The van der Waals surface area contributed by atoms with Crippen LogP contribution in [-0.4, -0.2) is 37.0 Å². The molecule has 0 amide bonds. The Morgan fingerprint density at radius 3 is 2.30 bits per heavy atom. The Hall–Kier alpha value is -1.95. The van der Waals surface area contributed by atoms with E-state index < -0.39 is 0 Å². The number of aryl methyl sites for hydroxylation is 1. The number of quaternary nitrogens is 1. The van der Waals surface area contributed by atoms with Gasteiger partial charge in [0.05, 0.1) is 37.6 Å². The Bertz CT molecular complexity index is 816. The summed E-state index contributed by atoms with van der Waals surface area (Å²) in [7, 11) is 4.25. The molecule has 6 heteroatoms. The molecule has 1 N–H and O–H groups in total. The first kappa shape index (κ1) is 24.3. The number of azo groups is 1. The van der Waals surface area contributed by atoms with E-state index in [0.717, 1.165) is 23.5 Å². The first-order chi connectivity index (χ1) is 13.9. The first-order valence-corrected chi connectivity index (χ1v) is 10.6. The lowest BCUT2D eigenvalue weighted by Gasteiger charge is -2.31. The fourth-order valence-electron chi connectivity index (χ4n) is 3.81. The highest BCUT2D eigenvalue weighted by Crippen LogP contribution is 2.28. The standard InChI is InChI=1S/C24H33N3O2.ClH/c1-19-9-11-22(12-10-19)25-26-23-13-14-24(28)21(15-23)16-27(2,3)18-29-17-20-7-5-4-6-8-20;/h9-15,20H,4-8,16-18H2,1-3H3;1H. The van der Waals surface area contributed by atoms with Crippen LogP contribution in [0.4, 0.5) is 11.4 Å². The second-order valence-corrected chi connectivity index (χ2v) is 8.95. The molecule has 0 aromatic heterocycles. The van der Waals surface area contributed by atoms with Gasteiger partial charge in [0.15, 0.2) is 6.73 Å². The van der Waals surface area contributed by atoms with Gasteiger partial charge < -0.3 is 26.7 Å². The predicted octanol–water partition coefficient (Wildman–Crippen LogP) is 3.25. The number of hydrogen-bond acceptors (Lipinski definition) is 4. The molecular formula is C24H34ClN3O2. The zero-order valence-electron chi connectivity index (χ0n) is 18.4. The largest absolute Gasteiger partial charge is 1.00 e. The van der Waals surface area contributed by atoms with Gasteiger partial charge in [-0.3, -0.25) is 0 Å². The van der Waals surface area contributed by atoms with Crippen LogP contribution < -0.4 is 12.4 Å². The van der Waals surface area contributed by atoms with Gasteiger partial charge in [-0.25, -0.2) is 0 Å². The maximum Gasteiger partial charge on any atom is 0.182 e. The van der Waals surface area contributed by atoms with Gasteiger partial charge in [-0.15, -0.1) is 0 Å². The average molecular weight is 432 g/mol. The minimum Gasteiger partial charge on any atom is -1.00 e. The molecule has 5 nitrogen and oxygen atoms in total.